The van der Waals surface area contributed by atoms with Crippen molar-refractivity contribution >= 4 is 17.5 Å². The highest BCUT2D eigenvalue weighted by atomic mass is 16.2. The Labute approximate surface area is 115 Å². The molecule has 0 spiro atoms. The second-order valence-corrected chi connectivity index (χ2v) is 4.28. The van der Waals surface area contributed by atoms with Gasteiger partial charge >= 0.3 is 0 Å². The average Bonchev–Trinajstić information content (AvgIpc) is 2.44. The fraction of sp³-hybridized carbons (Fsp3) is 0.143. The van der Waals surface area contributed by atoms with Crippen LogP contribution in [0.3, 0.4) is 0 Å². The highest BCUT2D eigenvalue weighted by Crippen LogP contribution is 2.07. The molecule has 2 rings (SSSR count). The number of anilines is 1. The summed E-state index contributed by atoms with van der Waals surface area (Å²) in [5, 5.41) is 2.45. The second kappa shape index (κ2) is 5.48. The zero-order valence-electron chi connectivity index (χ0n) is 11.1. The number of benzene rings is 1. The van der Waals surface area contributed by atoms with Gasteiger partial charge in [0.2, 0.25) is 0 Å². The van der Waals surface area contributed by atoms with Gasteiger partial charge in [0.1, 0.15) is 0 Å². The van der Waals surface area contributed by atoms with E-state index in [1.807, 2.05) is 0 Å². The van der Waals surface area contributed by atoms with Crippen LogP contribution in [-0.2, 0) is 7.05 Å². The van der Waals surface area contributed by atoms with Crippen molar-refractivity contribution in [1.82, 2.24) is 9.55 Å². The van der Waals surface area contributed by atoms with Gasteiger partial charge in [-0.25, -0.2) is 4.98 Å². The van der Waals surface area contributed by atoms with Crippen LogP contribution in [0.5, 0.6) is 0 Å². The lowest BCUT2D eigenvalue weighted by atomic mass is 10.1. The summed E-state index contributed by atoms with van der Waals surface area (Å²) in [5.41, 5.74) is 0.485. The van der Waals surface area contributed by atoms with Crippen LogP contribution in [0.1, 0.15) is 27.6 Å². The number of aryl methyl sites for hydroxylation is 1. The first-order chi connectivity index (χ1) is 9.49. The number of aromatic nitrogens is 2. The van der Waals surface area contributed by atoms with Gasteiger partial charge in [0.15, 0.2) is 11.6 Å². The van der Waals surface area contributed by atoms with Crippen LogP contribution in [0.25, 0.3) is 0 Å². The van der Waals surface area contributed by atoms with E-state index in [-0.39, 0.29) is 17.2 Å². The third-order valence-electron chi connectivity index (χ3n) is 2.80. The number of hydrogen-bond acceptors (Lipinski definition) is 4. The quantitative estimate of drug-likeness (QED) is 0.851. The van der Waals surface area contributed by atoms with E-state index in [0.717, 1.165) is 0 Å². The summed E-state index contributed by atoms with van der Waals surface area (Å²) in [4.78, 5) is 38.7. The van der Waals surface area contributed by atoms with Crippen LogP contribution < -0.4 is 10.9 Å². The fourth-order valence-electron chi connectivity index (χ4n) is 1.62. The van der Waals surface area contributed by atoms with E-state index in [4.69, 9.17) is 0 Å². The standard InChI is InChI=1S/C14H13N3O3/c1-9(18)10-3-5-11(6-4-10)13(19)16-12-14(20)17(2)8-7-15-12/h3-8H,1-2H3,(H,15,16,19). The molecular formula is C14H13N3O3. The third-order valence-corrected chi connectivity index (χ3v) is 2.80. The molecule has 1 aromatic heterocycles. The molecule has 1 heterocycles. The summed E-state index contributed by atoms with van der Waals surface area (Å²) in [7, 11) is 1.57. The van der Waals surface area contributed by atoms with E-state index < -0.39 is 5.91 Å². The molecule has 0 aliphatic heterocycles. The van der Waals surface area contributed by atoms with Crippen molar-refractivity contribution in [3.05, 3.63) is 58.1 Å². The first kappa shape index (κ1) is 13.7. The molecule has 0 atom stereocenters. The maximum atomic E-state index is 12.0. The largest absolute Gasteiger partial charge is 0.314 e. The molecule has 6 heteroatoms. The predicted octanol–water partition coefficient (Wildman–Crippen LogP) is 1.24. The van der Waals surface area contributed by atoms with Crippen molar-refractivity contribution in [3.8, 4) is 0 Å². The summed E-state index contributed by atoms with van der Waals surface area (Å²) in [5.74, 6) is -0.554. The number of ketones is 1. The molecule has 2 aromatic rings. The van der Waals surface area contributed by atoms with Crippen LogP contribution in [0.15, 0.2) is 41.5 Å². The van der Waals surface area contributed by atoms with Crippen molar-refractivity contribution in [3.63, 3.8) is 0 Å². The molecule has 1 amide bonds. The molecule has 20 heavy (non-hydrogen) atoms. The van der Waals surface area contributed by atoms with E-state index in [0.29, 0.717) is 11.1 Å². The van der Waals surface area contributed by atoms with E-state index in [1.54, 1.807) is 19.2 Å². The Balaban J connectivity index is 2.22. The van der Waals surface area contributed by atoms with Gasteiger partial charge in [-0.15, -0.1) is 0 Å². The number of carbonyl (C=O) groups excluding carboxylic acids is 2. The first-order valence-electron chi connectivity index (χ1n) is 5.93. The zero-order valence-corrected chi connectivity index (χ0v) is 11.1. The molecule has 6 nitrogen and oxygen atoms in total. The Morgan fingerprint density at radius 1 is 1.15 bits per heavy atom. The lowest BCUT2D eigenvalue weighted by Crippen LogP contribution is -2.25. The summed E-state index contributed by atoms with van der Waals surface area (Å²) >= 11 is 0. The highest BCUT2D eigenvalue weighted by Gasteiger charge is 2.10. The molecule has 0 fully saturated rings. The van der Waals surface area contributed by atoms with E-state index in [2.05, 4.69) is 10.3 Å². The van der Waals surface area contributed by atoms with Crippen molar-refractivity contribution < 1.29 is 9.59 Å². The molecule has 0 aliphatic carbocycles. The summed E-state index contributed by atoms with van der Waals surface area (Å²) in [6.45, 7) is 1.45. The summed E-state index contributed by atoms with van der Waals surface area (Å²) in [6.07, 6.45) is 2.93. The van der Waals surface area contributed by atoms with E-state index in [9.17, 15) is 14.4 Å². The Bertz CT molecular complexity index is 717. The number of rotatable bonds is 3. The maximum Gasteiger partial charge on any atom is 0.293 e. The summed E-state index contributed by atoms with van der Waals surface area (Å²) < 4.78 is 1.32. The van der Waals surface area contributed by atoms with Gasteiger partial charge in [-0.1, -0.05) is 12.1 Å². The van der Waals surface area contributed by atoms with Crippen LogP contribution in [0.2, 0.25) is 0 Å². The van der Waals surface area contributed by atoms with Crippen molar-refractivity contribution in [2.45, 2.75) is 6.92 Å². The normalized spacial score (nSPS) is 10.1. The van der Waals surface area contributed by atoms with E-state index in [1.165, 1.54) is 36.0 Å². The zero-order chi connectivity index (χ0) is 14.7. The van der Waals surface area contributed by atoms with Gasteiger partial charge < -0.3 is 9.88 Å². The van der Waals surface area contributed by atoms with Gasteiger partial charge in [-0.3, -0.25) is 14.4 Å². The van der Waals surface area contributed by atoms with E-state index >= 15 is 0 Å². The molecule has 102 valence electrons. The summed E-state index contributed by atoms with van der Waals surface area (Å²) in [6, 6.07) is 6.18. The number of nitrogens with one attached hydrogen (secondary N) is 1. The lowest BCUT2D eigenvalue weighted by Gasteiger charge is -2.05. The number of nitrogens with zero attached hydrogens (tertiary/aromatic N) is 2. The molecule has 0 bridgehead atoms. The van der Waals surface area contributed by atoms with Gasteiger partial charge in [-0.05, 0) is 19.1 Å². The molecular weight excluding hydrogens is 258 g/mol. The molecule has 0 aliphatic rings. The minimum absolute atomic E-state index is 0.0318. The van der Waals surface area contributed by atoms with Gasteiger partial charge in [0, 0.05) is 30.6 Å². The fourth-order valence-corrected chi connectivity index (χ4v) is 1.62. The second-order valence-electron chi connectivity index (χ2n) is 4.28. The van der Waals surface area contributed by atoms with Gasteiger partial charge in [0.05, 0.1) is 0 Å². The molecule has 0 saturated carbocycles. The number of Topliss-reactive ketones (excluding diaryl/α,β-unsaturated/α-hetero) is 1. The monoisotopic (exact) mass is 271 g/mol. The van der Waals surface area contributed by atoms with Crippen molar-refractivity contribution in [1.29, 1.82) is 0 Å². The molecule has 1 N–H and O–H groups in total. The predicted molar refractivity (Wildman–Crippen MR) is 73.9 cm³/mol. The van der Waals surface area contributed by atoms with Crippen molar-refractivity contribution in [2.24, 2.45) is 7.05 Å². The smallest absolute Gasteiger partial charge is 0.293 e. The minimum atomic E-state index is -0.448. The van der Waals surface area contributed by atoms with Crippen LogP contribution in [-0.4, -0.2) is 21.2 Å². The molecule has 0 saturated heterocycles. The Kier molecular flexibility index (Phi) is 3.74. The van der Waals surface area contributed by atoms with Crippen LogP contribution in [0, 0.1) is 0 Å². The molecule has 0 unspecified atom stereocenters. The van der Waals surface area contributed by atoms with Gasteiger partial charge in [-0.2, -0.15) is 0 Å². The Morgan fingerprint density at radius 3 is 2.35 bits per heavy atom. The number of hydrogen-bond donors (Lipinski definition) is 1. The lowest BCUT2D eigenvalue weighted by molar-refractivity contribution is 0.100. The van der Waals surface area contributed by atoms with Crippen LogP contribution in [0.4, 0.5) is 5.82 Å². The van der Waals surface area contributed by atoms with Crippen molar-refractivity contribution in [2.75, 3.05) is 5.32 Å². The topological polar surface area (TPSA) is 81.1 Å². The molecule has 0 radical (unpaired) electrons. The Morgan fingerprint density at radius 2 is 1.75 bits per heavy atom. The average molecular weight is 271 g/mol. The minimum Gasteiger partial charge on any atom is -0.314 e. The van der Waals surface area contributed by atoms with Crippen LogP contribution >= 0.6 is 0 Å². The maximum absolute atomic E-state index is 12.0. The third kappa shape index (κ3) is 2.80. The Hall–Kier alpha value is -2.76. The van der Waals surface area contributed by atoms with Gasteiger partial charge in [0.25, 0.3) is 11.5 Å². The first-order valence-corrected chi connectivity index (χ1v) is 5.93. The molecule has 1 aromatic carbocycles. The number of carbonyl (C=O) groups is 2. The SMILES string of the molecule is CC(=O)c1ccc(C(=O)Nc2nccn(C)c2=O)cc1. The highest BCUT2D eigenvalue weighted by molar-refractivity contribution is 6.04. The number of amides is 1.